The summed E-state index contributed by atoms with van der Waals surface area (Å²) < 4.78 is 13.2. The lowest BCUT2D eigenvalue weighted by atomic mass is 9.94. The fourth-order valence-electron chi connectivity index (χ4n) is 2.18. The highest BCUT2D eigenvalue weighted by atomic mass is 79.9. The molecule has 0 N–H and O–H groups in total. The molecule has 1 atom stereocenters. The van der Waals surface area contributed by atoms with Crippen molar-refractivity contribution in [2.75, 3.05) is 5.33 Å². The van der Waals surface area contributed by atoms with Gasteiger partial charge >= 0.3 is 0 Å². The molecule has 0 radical (unpaired) electrons. The van der Waals surface area contributed by atoms with E-state index in [0.29, 0.717) is 5.92 Å². The third-order valence-corrected chi connectivity index (χ3v) is 4.20. The maximum absolute atomic E-state index is 13.2. The standard InChI is InChI=1S/C16H15BrClF/c17-11-14(7-12-3-1-5-15(18)9-12)8-13-4-2-6-16(19)10-13/h1-6,9-10,14H,7-8,11H2. The van der Waals surface area contributed by atoms with E-state index in [2.05, 4.69) is 22.0 Å². The molecule has 2 aromatic carbocycles. The van der Waals surface area contributed by atoms with Crippen LogP contribution in [0.5, 0.6) is 0 Å². The van der Waals surface area contributed by atoms with Gasteiger partial charge in [0.1, 0.15) is 5.82 Å². The van der Waals surface area contributed by atoms with Crippen molar-refractivity contribution in [3.05, 3.63) is 70.5 Å². The Morgan fingerprint density at radius 3 is 2.21 bits per heavy atom. The van der Waals surface area contributed by atoms with E-state index in [1.54, 1.807) is 12.1 Å². The van der Waals surface area contributed by atoms with E-state index < -0.39 is 0 Å². The third-order valence-electron chi connectivity index (χ3n) is 3.05. The molecule has 0 spiro atoms. The van der Waals surface area contributed by atoms with Crippen molar-refractivity contribution in [1.29, 1.82) is 0 Å². The van der Waals surface area contributed by atoms with E-state index in [-0.39, 0.29) is 5.82 Å². The van der Waals surface area contributed by atoms with Crippen LogP contribution in [0.3, 0.4) is 0 Å². The minimum Gasteiger partial charge on any atom is -0.207 e. The van der Waals surface area contributed by atoms with Crippen molar-refractivity contribution in [3.63, 3.8) is 0 Å². The summed E-state index contributed by atoms with van der Waals surface area (Å²) in [6.45, 7) is 0. The van der Waals surface area contributed by atoms with Gasteiger partial charge in [0.05, 0.1) is 0 Å². The van der Waals surface area contributed by atoms with Crippen molar-refractivity contribution in [3.8, 4) is 0 Å². The number of hydrogen-bond donors (Lipinski definition) is 0. The first kappa shape index (κ1) is 14.5. The molecule has 0 amide bonds. The number of benzene rings is 2. The Labute approximate surface area is 126 Å². The number of alkyl halides is 1. The first-order chi connectivity index (χ1) is 9.17. The van der Waals surface area contributed by atoms with Gasteiger partial charge in [-0.15, -0.1) is 0 Å². The molecule has 0 aliphatic heterocycles. The summed E-state index contributed by atoms with van der Waals surface area (Å²) in [5, 5.41) is 1.65. The normalized spacial score (nSPS) is 12.4. The molecule has 0 nitrogen and oxygen atoms in total. The smallest absolute Gasteiger partial charge is 0.123 e. The predicted octanol–water partition coefficient (Wildman–Crippen LogP) is 5.28. The minimum absolute atomic E-state index is 0.173. The molecule has 0 fully saturated rings. The van der Waals surface area contributed by atoms with Gasteiger partial charge in [0, 0.05) is 10.4 Å². The van der Waals surface area contributed by atoms with Crippen LogP contribution in [0.1, 0.15) is 11.1 Å². The molecule has 0 heterocycles. The van der Waals surface area contributed by atoms with E-state index in [1.165, 1.54) is 11.6 Å². The monoisotopic (exact) mass is 340 g/mol. The Bertz CT molecular complexity index is 494. The second kappa shape index (κ2) is 7.06. The SMILES string of the molecule is Fc1cccc(CC(CBr)Cc2cccc(Cl)c2)c1. The second-order valence-corrected chi connectivity index (χ2v) is 5.77. The van der Waals surface area contributed by atoms with E-state index in [4.69, 9.17) is 11.6 Å². The molecule has 19 heavy (non-hydrogen) atoms. The summed E-state index contributed by atoms with van der Waals surface area (Å²) in [7, 11) is 0. The summed E-state index contributed by atoms with van der Waals surface area (Å²) >= 11 is 9.53. The molecule has 0 aliphatic rings. The Morgan fingerprint density at radius 1 is 1.00 bits per heavy atom. The van der Waals surface area contributed by atoms with Crippen molar-refractivity contribution in [1.82, 2.24) is 0 Å². The average Bonchev–Trinajstić information content (AvgIpc) is 2.38. The summed E-state index contributed by atoms with van der Waals surface area (Å²) in [6.07, 6.45) is 1.79. The van der Waals surface area contributed by atoms with Crippen LogP contribution in [0.4, 0.5) is 4.39 Å². The van der Waals surface area contributed by atoms with Crippen molar-refractivity contribution in [2.45, 2.75) is 12.8 Å². The summed E-state index contributed by atoms with van der Waals surface area (Å²) in [5.74, 6) is 0.258. The Kier molecular flexibility index (Phi) is 5.41. The minimum atomic E-state index is -0.173. The van der Waals surface area contributed by atoms with Gasteiger partial charge in [0.2, 0.25) is 0 Å². The Hall–Kier alpha value is -0.860. The van der Waals surface area contributed by atoms with Gasteiger partial charge in [-0.3, -0.25) is 0 Å². The molecule has 3 heteroatoms. The van der Waals surface area contributed by atoms with Crippen LogP contribution in [0, 0.1) is 11.7 Å². The summed E-state index contributed by atoms with van der Waals surface area (Å²) in [5.41, 5.74) is 2.25. The first-order valence-corrected chi connectivity index (χ1v) is 7.72. The van der Waals surface area contributed by atoms with E-state index in [9.17, 15) is 4.39 Å². The van der Waals surface area contributed by atoms with Crippen LogP contribution in [0.15, 0.2) is 48.5 Å². The van der Waals surface area contributed by atoms with Crippen molar-refractivity contribution >= 4 is 27.5 Å². The molecule has 0 aromatic heterocycles. The fourth-order valence-corrected chi connectivity index (χ4v) is 2.85. The number of rotatable bonds is 5. The van der Waals surface area contributed by atoms with Crippen molar-refractivity contribution in [2.24, 2.45) is 5.92 Å². The van der Waals surface area contributed by atoms with E-state index >= 15 is 0 Å². The average molecular weight is 342 g/mol. The van der Waals surface area contributed by atoms with Gasteiger partial charge in [-0.25, -0.2) is 4.39 Å². The highest BCUT2D eigenvalue weighted by Gasteiger charge is 2.10. The quantitative estimate of drug-likeness (QED) is 0.649. The molecular weight excluding hydrogens is 327 g/mol. The van der Waals surface area contributed by atoms with Crippen LogP contribution in [0.25, 0.3) is 0 Å². The van der Waals surface area contributed by atoms with Crippen LogP contribution in [-0.4, -0.2) is 5.33 Å². The van der Waals surface area contributed by atoms with E-state index in [1.807, 2.05) is 24.3 Å². The fraction of sp³-hybridized carbons (Fsp3) is 0.250. The van der Waals surface area contributed by atoms with Crippen LogP contribution >= 0.6 is 27.5 Å². The lowest BCUT2D eigenvalue weighted by Crippen LogP contribution is -2.10. The lowest BCUT2D eigenvalue weighted by molar-refractivity contribution is 0.582. The lowest BCUT2D eigenvalue weighted by Gasteiger charge is -2.14. The predicted molar refractivity (Wildman–Crippen MR) is 82.5 cm³/mol. The summed E-state index contributed by atoms with van der Waals surface area (Å²) in [4.78, 5) is 0. The Morgan fingerprint density at radius 2 is 1.63 bits per heavy atom. The number of hydrogen-bond acceptors (Lipinski definition) is 0. The maximum atomic E-state index is 13.2. The van der Waals surface area contributed by atoms with Crippen LogP contribution in [-0.2, 0) is 12.8 Å². The zero-order chi connectivity index (χ0) is 13.7. The largest absolute Gasteiger partial charge is 0.207 e. The van der Waals surface area contributed by atoms with Gasteiger partial charge in [-0.05, 0) is 54.2 Å². The first-order valence-electron chi connectivity index (χ1n) is 6.22. The second-order valence-electron chi connectivity index (χ2n) is 4.69. The zero-order valence-corrected chi connectivity index (χ0v) is 12.8. The molecule has 100 valence electrons. The Balaban J connectivity index is 2.04. The topological polar surface area (TPSA) is 0 Å². The molecule has 0 saturated carbocycles. The highest BCUT2D eigenvalue weighted by molar-refractivity contribution is 9.09. The van der Waals surface area contributed by atoms with Gasteiger partial charge in [0.25, 0.3) is 0 Å². The molecule has 0 saturated heterocycles. The van der Waals surface area contributed by atoms with Gasteiger partial charge in [-0.2, -0.15) is 0 Å². The van der Waals surface area contributed by atoms with E-state index in [0.717, 1.165) is 28.8 Å². The molecule has 2 aromatic rings. The molecule has 2 rings (SSSR count). The third kappa shape index (κ3) is 4.63. The zero-order valence-electron chi connectivity index (χ0n) is 10.5. The maximum Gasteiger partial charge on any atom is 0.123 e. The van der Waals surface area contributed by atoms with Gasteiger partial charge < -0.3 is 0 Å². The highest BCUT2D eigenvalue weighted by Crippen LogP contribution is 2.19. The molecule has 0 bridgehead atoms. The molecular formula is C16H15BrClF. The molecule has 0 aliphatic carbocycles. The molecule has 1 unspecified atom stereocenters. The van der Waals surface area contributed by atoms with Crippen molar-refractivity contribution < 1.29 is 4.39 Å². The van der Waals surface area contributed by atoms with Crippen LogP contribution in [0.2, 0.25) is 5.02 Å². The van der Waals surface area contributed by atoms with Crippen LogP contribution < -0.4 is 0 Å². The van der Waals surface area contributed by atoms with Gasteiger partial charge in [-0.1, -0.05) is 51.8 Å². The van der Waals surface area contributed by atoms with Gasteiger partial charge in [0.15, 0.2) is 0 Å². The summed E-state index contributed by atoms with van der Waals surface area (Å²) in [6, 6.07) is 14.7. The number of halogens is 3.